The maximum atomic E-state index is 13.0. The Balaban J connectivity index is 1.92. The molecule has 0 spiro atoms. The highest BCUT2D eigenvalue weighted by Crippen LogP contribution is 2.18. The summed E-state index contributed by atoms with van der Waals surface area (Å²) in [6.07, 6.45) is 3.19. The molecular formula is C14H14FNO2S. The van der Waals surface area contributed by atoms with Crippen molar-refractivity contribution < 1.29 is 9.13 Å². The molecule has 1 aromatic heterocycles. The molecule has 0 N–H and O–H groups in total. The summed E-state index contributed by atoms with van der Waals surface area (Å²) in [6, 6.07) is 10.0. The van der Waals surface area contributed by atoms with Gasteiger partial charge in [-0.25, -0.2) is 4.39 Å². The first kappa shape index (κ1) is 13.7. The van der Waals surface area contributed by atoms with Gasteiger partial charge in [-0.2, -0.15) is 0 Å². The van der Waals surface area contributed by atoms with Gasteiger partial charge in [0.2, 0.25) is 0 Å². The van der Waals surface area contributed by atoms with Crippen LogP contribution in [0.2, 0.25) is 0 Å². The third-order valence-electron chi connectivity index (χ3n) is 2.61. The SMILES string of the molecule is CSc1ccc(OCCn2cc(F)ccc2=O)cc1. The molecule has 2 rings (SSSR count). The van der Waals surface area contributed by atoms with Crippen molar-refractivity contribution in [2.24, 2.45) is 0 Å². The average Bonchev–Trinajstić information content (AvgIpc) is 2.43. The van der Waals surface area contributed by atoms with Gasteiger partial charge in [0.15, 0.2) is 0 Å². The van der Waals surface area contributed by atoms with E-state index in [0.29, 0.717) is 13.2 Å². The van der Waals surface area contributed by atoms with Crippen LogP contribution in [0.15, 0.2) is 52.3 Å². The lowest BCUT2D eigenvalue weighted by Crippen LogP contribution is -2.22. The number of rotatable bonds is 5. The predicted molar refractivity (Wildman–Crippen MR) is 74.4 cm³/mol. The second kappa shape index (κ2) is 6.43. The van der Waals surface area contributed by atoms with E-state index in [9.17, 15) is 9.18 Å². The van der Waals surface area contributed by atoms with Crippen molar-refractivity contribution >= 4 is 11.8 Å². The molecule has 19 heavy (non-hydrogen) atoms. The fourth-order valence-electron chi connectivity index (χ4n) is 1.61. The molecule has 2 aromatic rings. The lowest BCUT2D eigenvalue weighted by Gasteiger charge is -2.08. The minimum atomic E-state index is -0.427. The van der Waals surface area contributed by atoms with E-state index in [4.69, 9.17) is 4.74 Å². The third-order valence-corrected chi connectivity index (χ3v) is 3.35. The summed E-state index contributed by atoms with van der Waals surface area (Å²) in [7, 11) is 0. The molecule has 0 amide bonds. The first-order valence-corrected chi connectivity index (χ1v) is 7.04. The van der Waals surface area contributed by atoms with Gasteiger partial charge in [0.05, 0.1) is 6.54 Å². The lowest BCUT2D eigenvalue weighted by atomic mass is 10.3. The number of thioether (sulfide) groups is 1. The Morgan fingerprint density at radius 1 is 1.21 bits per heavy atom. The molecule has 0 unspecified atom stereocenters. The normalized spacial score (nSPS) is 10.4. The highest BCUT2D eigenvalue weighted by Gasteiger charge is 1.99. The van der Waals surface area contributed by atoms with E-state index in [1.165, 1.54) is 16.8 Å². The van der Waals surface area contributed by atoms with Crippen LogP contribution >= 0.6 is 11.8 Å². The molecule has 0 saturated heterocycles. The summed E-state index contributed by atoms with van der Waals surface area (Å²) < 4.78 is 19.8. The monoisotopic (exact) mass is 279 g/mol. The number of nitrogens with zero attached hydrogens (tertiary/aromatic N) is 1. The predicted octanol–water partition coefficient (Wildman–Crippen LogP) is 2.79. The summed E-state index contributed by atoms with van der Waals surface area (Å²) >= 11 is 1.66. The van der Waals surface area contributed by atoms with E-state index in [1.807, 2.05) is 30.5 Å². The van der Waals surface area contributed by atoms with Gasteiger partial charge in [-0.3, -0.25) is 4.79 Å². The number of hydrogen-bond donors (Lipinski definition) is 0. The zero-order chi connectivity index (χ0) is 13.7. The van der Waals surface area contributed by atoms with Crippen LogP contribution in [-0.4, -0.2) is 17.4 Å². The molecule has 0 aliphatic carbocycles. The third kappa shape index (κ3) is 3.86. The Morgan fingerprint density at radius 3 is 2.63 bits per heavy atom. The number of benzene rings is 1. The van der Waals surface area contributed by atoms with Gasteiger partial charge >= 0.3 is 0 Å². The smallest absolute Gasteiger partial charge is 0.250 e. The van der Waals surface area contributed by atoms with Gasteiger partial charge in [0.1, 0.15) is 18.2 Å². The number of aromatic nitrogens is 1. The fraction of sp³-hybridized carbons (Fsp3) is 0.214. The first-order chi connectivity index (χ1) is 9.19. The molecule has 0 bridgehead atoms. The molecule has 0 saturated carbocycles. The molecular weight excluding hydrogens is 265 g/mol. The van der Waals surface area contributed by atoms with Crippen molar-refractivity contribution in [3.05, 3.63) is 58.8 Å². The number of hydrogen-bond acceptors (Lipinski definition) is 3. The summed E-state index contributed by atoms with van der Waals surface area (Å²) in [5, 5.41) is 0. The highest BCUT2D eigenvalue weighted by atomic mass is 32.2. The van der Waals surface area contributed by atoms with Crippen molar-refractivity contribution in [3.8, 4) is 5.75 Å². The van der Waals surface area contributed by atoms with Crippen LogP contribution in [0.25, 0.3) is 0 Å². The van der Waals surface area contributed by atoms with Crippen molar-refractivity contribution in [2.75, 3.05) is 12.9 Å². The Morgan fingerprint density at radius 2 is 1.95 bits per heavy atom. The summed E-state index contributed by atoms with van der Waals surface area (Å²) in [5.41, 5.74) is -0.234. The maximum Gasteiger partial charge on any atom is 0.250 e. The Hall–Kier alpha value is -1.75. The van der Waals surface area contributed by atoms with Crippen molar-refractivity contribution in [1.29, 1.82) is 0 Å². The van der Waals surface area contributed by atoms with Crippen molar-refractivity contribution in [1.82, 2.24) is 4.57 Å². The average molecular weight is 279 g/mol. The molecule has 1 aromatic carbocycles. The van der Waals surface area contributed by atoms with Gasteiger partial charge in [-0.15, -0.1) is 11.8 Å². The molecule has 0 fully saturated rings. The van der Waals surface area contributed by atoms with E-state index >= 15 is 0 Å². The van der Waals surface area contributed by atoms with E-state index in [-0.39, 0.29) is 5.56 Å². The molecule has 0 atom stereocenters. The fourth-order valence-corrected chi connectivity index (χ4v) is 2.02. The standard InChI is InChI=1S/C14H14FNO2S/c1-19-13-5-3-12(4-6-13)18-9-8-16-10-11(15)2-7-14(16)17/h2-7,10H,8-9H2,1H3. The van der Waals surface area contributed by atoms with Crippen LogP contribution in [0.3, 0.4) is 0 Å². The second-order valence-corrected chi connectivity index (χ2v) is 4.78. The van der Waals surface area contributed by atoms with Gasteiger partial charge in [-0.1, -0.05) is 0 Å². The molecule has 0 radical (unpaired) electrons. The van der Waals surface area contributed by atoms with Crippen LogP contribution in [-0.2, 0) is 6.54 Å². The van der Waals surface area contributed by atoms with Crippen LogP contribution in [0.5, 0.6) is 5.75 Å². The van der Waals surface area contributed by atoms with E-state index in [0.717, 1.165) is 16.7 Å². The van der Waals surface area contributed by atoms with Gasteiger partial charge in [0, 0.05) is 17.2 Å². The molecule has 3 nitrogen and oxygen atoms in total. The van der Waals surface area contributed by atoms with E-state index < -0.39 is 5.82 Å². The minimum Gasteiger partial charge on any atom is -0.492 e. The summed E-state index contributed by atoms with van der Waals surface area (Å²) in [4.78, 5) is 12.6. The number of pyridine rings is 1. The Bertz CT molecular complexity index is 595. The zero-order valence-electron chi connectivity index (χ0n) is 10.5. The molecule has 0 aliphatic heterocycles. The maximum absolute atomic E-state index is 13.0. The van der Waals surface area contributed by atoms with Crippen LogP contribution in [0.1, 0.15) is 0 Å². The number of halogens is 1. The molecule has 5 heteroatoms. The number of ether oxygens (including phenoxy) is 1. The first-order valence-electron chi connectivity index (χ1n) is 5.82. The van der Waals surface area contributed by atoms with E-state index in [1.54, 1.807) is 11.8 Å². The van der Waals surface area contributed by atoms with Gasteiger partial charge < -0.3 is 9.30 Å². The van der Waals surface area contributed by atoms with Crippen LogP contribution < -0.4 is 10.3 Å². The van der Waals surface area contributed by atoms with Crippen molar-refractivity contribution in [3.63, 3.8) is 0 Å². The second-order valence-electron chi connectivity index (χ2n) is 3.90. The van der Waals surface area contributed by atoms with Gasteiger partial charge in [-0.05, 0) is 36.6 Å². The largest absolute Gasteiger partial charge is 0.492 e. The quantitative estimate of drug-likeness (QED) is 0.789. The highest BCUT2D eigenvalue weighted by molar-refractivity contribution is 7.98. The van der Waals surface area contributed by atoms with Gasteiger partial charge in [0.25, 0.3) is 5.56 Å². The van der Waals surface area contributed by atoms with Crippen LogP contribution in [0.4, 0.5) is 4.39 Å². The Labute approximate surface area is 115 Å². The summed E-state index contributed by atoms with van der Waals surface area (Å²) in [6.45, 7) is 0.642. The zero-order valence-corrected chi connectivity index (χ0v) is 11.3. The molecule has 1 heterocycles. The minimum absolute atomic E-state index is 0.234. The lowest BCUT2D eigenvalue weighted by molar-refractivity contribution is 0.295. The van der Waals surface area contributed by atoms with Crippen LogP contribution in [0, 0.1) is 5.82 Å². The molecule has 100 valence electrons. The molecule has 0 aliphatic rings. The topological polar surface area (TPSA) is 31.2 Å². The Kier molecular flexibility index (Phi) is 4.63. The van der Waals surface area contributed by atoms with Crippen molar-refractivity contribution in [2.45, 2.75) is 11.4 Å². The van der Waals surface area contributed by atoms with E-state index in [2.05, 4.69) is 0 Å². The summed E-state index contributed by atoms with van der Waals surface area (Å²) in [5.74, 6) is 0.311.